The van der Waals surface area contributed by atoms with Gasteiger partial charge in [0.2, 0.25) is 0 Å². The quantitative estimate of drug-likeness (QED) is 0.665. The summed E-state index contributed by atoms with van der Waals surface area (Å²) in [6, 6.07) is 15.3. The molecular weight excluding hydrogens is 214 g/mol. The van der Waals surface area contributed by atoms with E-state index >= 15 is 0 Å². The van der Waals surface area contributed by atoms with Gasteiger partial charge in [0.1, 0.15) is 0 Å². The number of nitrogens with one attached hydrogen (secondary N) is 1. The van der Waals surface area contributed by atoms with Gasteiger partial charge in [-0.2, -0.15) is 0 Å². The number of para-hydroxylation sites is 1. The Labute approximate surface area is 99.2 Å². The lowest BCUT2D eigenvalue weighted by atomic mass is 10.1. The van der Waals surface area contributed by atoms with Crippen molar-refractivity contribution in [1.29, 1.82) is 0 Å². The Hall–Kier alpha value is -1.67. The summed E-state index contributed by atoms with van der Waals surface area (Å²) < 4.78 is 0. The third-order valence-corrected chi connectivity index (χ3v) is 3.66. The lowest BCUT2D eigenvalue weighted by Crippen LogP contribution is -2.01. The van der Waals surface area contributed by atoms with Crippen LogP contribution in [0.15, 0.2) is 46.2 Å². The van der Waals surface area contributed by atoms with Crippen LogP contribution in [-0.4, -0.2) is 0 Å². The number of benzene rings is 2. The fourth-order valence-electron chi connectivity index (χ4n) is 1.75. The maximum absolute atomic E-state index is 5.59. The highest BCUT2D eigenvalue weighted by Crippen LogP contribution is 2.45. The molecule has 0 bridgehead atoms. The molecule has 1 aliphatic heterocycles. The molecule has 0 unspecified atom stereocenters. The number of fused-ring (bicyclic) bond motifs is 2. The first-order valence-corrected chi connectivity index (χ1v) is 5.83. The van der Waals surface area contributed by atoms with Crippen molar-refractivity contribution in [3.63, 3.8) is 0 Å². The van der Waals surface area contributed by atoms with E-state index in [1.54, 1.807) is 17.8 Å². The van der Waals surface area contributed by atoms with Gasteiger partial charge in [-0.25, -0.2) is 0 Å². The van der Waals surface area contributed by atoms with Gasteiger partial charge in [0, 0.05) is 15.4 Å². The minimum Gasteiger partial charge on any atom is -0.353 e. The average molecular weight is 223 g/mol. The largest absolute Gasteiger partial charge is 0.353 e. The Balaban J connectivity index is 2.15. The van der Waals surface area contributed by atoms with E-state index in [1.807, 2.05) is 18.2 Å². The maximum Gasteiger partial charge on any atom is 0.0606 e. The Morgan fingerprint density at radius 3 is 2.94 bits per heavy atom. The summed E-state index contributed by atoms with van der Waals surface area (Å²) in [6.07, 6.45) is 1.58. The summed E-state index contributed by atoms with van der Waals surface area (Å²) in [7, 11) is 0. The van der Waals surface area contributed by atoms with E-state index in [0.717, 1.165) is 16.9 Å². The van der Waals surface area contributed by atoms with Crippen molar-refractivity contribution in [3.05, 3.63) is 54.6 Å². The molecule has 76 valence electrons. The Morgan fingerprint density at radius 2 is 2.06 bits per heavy atom. The zero-order valence-electron chi connectivity index (χ0n) is 8.53. The molecule has 1 N–H and O–H groups in total. The van der Waals surface area contributed by atoms with Crippen LogP contribution < -0.4 is 5.32 Å². The Kier molecular flexibility index (Phi) is 2.22. The first-order valence-electron chi connectivity index (χ1n) is 5.02. The molecule has 3 rings (SSSR count). The van der Waals surface area contributed by atoms with E-state index in [0.29, 0.717) is 0 Å². The van der Waals surface area contributed by atoms with E-state index in [9.17, 15) is 0 Å². The zero-order valence-corrected chi connectivity index (χ0v) is 9.34. The minimum absolute atomic E-state index is 0.916. The van der Waals surface area contributed by atoms with Crippen molar-refractivity contribution in [2.24, 2.45) is 0 Å². The molecule has 0 saturated carbocycles. The van der Waals surface area contributed by atoms with Gasteiger partial charge in [-0.15, -0.1) is 0 Å². The molecule has 2 aromatic rings. The number of rotatable bonds is 1. The SMILES string of the molecule is [CH]=Cc1[c]ccc2c1Nc1ccccc1S2. The number of hydrogen-bond donors (Lipinski definition) is 1. The predicted molar refractivity (Wildman–Crippen MR) is 67.9 cm³/mol. The van der Waals surface area contributed by atoms with Crippen LogP contribution in [0.1, 0.15) is 5.56 Å². The topological polar surface area (TPSA) is 12.0 Å². The molecule has 0 saturated heterocycles. The smallest absolute Gasteiger partial charge is 0.0606 e. The standard InChI is InChI=1S/C14H9NS/c1-2-10-6-5-9-13-14(10)15-11-7-3-4-8-12(11)16-13/h1-5,7-9,15H. The van der Waals surface area contributed by atoms with E-state index in [2.05, 4.69) is 29.6 Å². The highest BCUT2D eigenvalue weighted by molar-refractivity contribution is 7.99. The molecule has 0 amide bonds. The summed E-state index contributed by atoms with van der Waals surface area (Å²) in [4.78, 5) is 2.43. The van der Waals surface area contributed by atoms with Gasteiger partial charge in [0.25, 0.3) is 0 Å². The van der Waals surface area contributed by atoms with Gasteiger partial charge in [0.05, 0.1) is 11.4 Å². The van der Waals surface area contributed by atoms with Gasteiger partial charge in [-0.05, 0) is 24.3 Å². The summed E-state index contributed by atoms with van der Waals surface area (Å²) in [5.41, 5.74) is 3.09. The highest BCUT2D eigenvalue weighted by Gasteiger charge is 2.16. The summed E-state index contributed by atoms with van der Waals surface area (Å²) in [6.45, 7) is 5.59. The van der Waals surface area contributed by atoms with Crippen LogP contribution in [0.3, 0.4) is 0 Å². The van der Waals surface area contributed by atoms with Crippen LogP contribution in [0.2, 0.25) is 0 Å². The molecule has 2 radical (unpaired) electrons. The molecule has 2 aromatic carbocycles. The maximum atomic E-state index is 5.59. The molecular formula is C14H9NS. The van der Waals surface area contributed by atoms with Gasteiger partial charge in [0.15, 0.2) is 0 Å². The van der Waals surface area contributed by atoms with Crippen molar-refractivity contribution < 1.29 is 0 Å². The van der Waals surface area contributed by atoms with Gasteiger partial charge in [-0.1, -0.05) is 42.6 Å². The fraction of sp³-hybridized carbons (Fsp3) is 0. The normalized spacial score (nSPS) is 12.2. The second kappa shape index (κ2) is 3.72. The Bertz CT molecular complexity index is 560. The van der Waals surface area contributed by atoms with Gasteiger partial charge in [-0.3, -0.25) is 0 Å². The monoisotopic (exact) mass is 223 g/mol. The lowest BCUT2D eigenvalue weighted by molar-refractivity contribution is 1.31. The van der Waals surface area contributed by atoms with E-state index in [4.69, 9.17) is 6.58 Å². The first kappa shape index (κ1) is 9.55. The van der Waals surface area contributed by atoms with Crippen molar-refractivity contribution in [1.82, 2.24) is 0 Å². The van der Waals surface area contributed by atoms with Crippen molar-refractivity contribution >= 4 is 29.2 Å². The molecule has 0 spiro atoms. The molecule has 0 aromatic heterocycles. The Morgan fingerprint density at radius 1 is 1.19 bits per heavy atom. The third-order valence-electron chi connectivity index (χ3n) is 2.52. The van der Waals surface area contributed by atoms with E-state index in [1.165, 1.54) is 9.79 Å². The van der Waals surface area contributed by atoms with Crippen LogP contribution in [0.5, 0.6) is 0 Å². The fourth-order valence-corrected chi connectivity index (χ4v) is 2.76. The van der Waals surface area contributed by atoms with Gasteiger partial charge >= 0.3 is 0 Å². The summed E-state index contributed by atoms with van der Waals surface area (Å²) >= 11 is 1.75. The van der Waals surface area contributed by atoms with Crippen LogP contribution in [0, 0.1) is 12.6 Å². The lowest BCUT2D eigenvalue weighted by Gasteiger charge is -2.21. The van der Waals surface area contributed by atoms with E-state index < -0.39 is 0 Å². The first-order chi connectivity index (χ1) is 7.88. The summed E-state index contributed by atoms with van der Waals surface area (Å²) in [5, 5.41) is 3.40. The minimum atomic E-state index is 0.916. The van der Waals surface area contributed by atoms with Crippen molar-refractivity contribution in [3.8, 4) is 0 Å². The van der Waals surface area contributed by atoms with E-state index in [-0.39, 0.29) is 0 Å². The highest BCUT2D eigenvalue weighted by atomic mass is 32.2. The second-order valence-corrected chi connectivity index (χ2v) is 4.60. The molecule has 16 heavy (non-hydrogen) atoms. The van der Waals surface area contributed by atoms with Crippen LogP contribution >= 0.6 is 11.8 Å². The van der Waals surface area contributed by atoms with Crippen LogP contribution in [-0.2, 0) is 0 Å². The predicted octanol–water partition coefficient (Wildman–Crippen LogP) is 4.14. The molecule has 1 nitrogen and oxygen atoms in total. The third kappa shape index (κ3) is 1.42. The molecule has 0 atom stereocenters. The van der Waals surface area contributed by atoms with Crippen LogP contribution in [0.25, 0.3) is 6.08 Å². The number of anilines is 2. The summed E-state index contributed by atoms with van der Waals surface area (Å²) in [5.74, 6) is 0. The van der Waals surface area contributed by atoms with Crippen molar-refractivity contribution in [2.75, 3.05) is 5.32 Å². The second-order valence-electron chi connectivity index (χ2n) is 3.52. The molecule has 2 heteroatoms. The average Bonchev–Trinajstić information content (AvgIpc) is 2.35. The number of hydrogen-bond acceptors (Lipinski definition) is 2. The molecule has 0 fully saturated rings. The molecule has 1 aliphatic rings. The zero-order chi connectivity index (χ0) is 11.0. The van der Waals surface area contributed by atoms with Crippen LogP contribution in [0.4, 0.5) is 11.4 Å². The molecule has 1 heterocycles. The van der Waals surface area contributed by atoms with Gasteiger partial charge < -0.3 is 5.32 Å². The van der Waals surface area contributed by atoms with Crippen molar-refractivity contribution in [2.45, 2.75) is 9.79 Å². The molecule has 0 aliphatic carbocycles.